The number of nitrogens with zero attached hydrogens (tertiary/aromatic N) is 1. The zero-order valence-corrected chi connectivity index (χ0v) is 19.7. The van der Waals surface area contributed by atoms with Gasteiger partial charge >= 0.3 is 6.03 Å². The maximum atomic E-state index is 13.3. The van der Waals surface area contributed by atoms with Crippen LogP contribution in [0.5, 0.6) is 0 Å². The Labute approximate surface area is 206 Å². The summed E-state index contributed by atoms with van der Waals surface area (Å²) in [5.41, 5.74) is 3.24. The van der Waals surface area contributed by atoms with E-state index in [1.165, 1.54) is 11.8 Å². The van der Waals surface area contributed by atoms with E-state index in [1.807, 2.05) is 108 Å². The van der Waals surface area contributed by atoms with Crippen LogP contribution in [-0.2, 0) is 4.79 Å². The van der Waals surface area contributed by atoms with Gasteiger partial charge in [0, 0.05) is 26.1 Å². The van der Waals surface area contributed by atoms with E-state index in [-0.39, 0.29) is 11.9 Å². The number of carbonyl (C=O) groups is 2. The van der Waals surface area contributed by atoms with Crippen LogP contribution in [0.15, 0.2) is 118 Å². The Kier molecular flexibility index (Phi) is 6.56. The van der Waals surface area contributed by atoms with Crippen LogP contribution < -0.4 is 15.5 Å². The highest BCUT2D eigenvalue weighted by molar-refractivity contribution is 8.00. The van der Waals surface area contributed by atoms with Gasteiger partial charge in [-0.25, -0.2) is 4.79 Å². The Balaban J connectivity index is 1.23. The smallest absolute Gasteiger partial charge is 0.308 e. The topological polar surface area (TPSA) is 61.4 Å². The first-order valence-electron chi connectivity index (χ1n) is 10.7. The van der Waals surface area contributed by atoms with Crippen molar-refractivity contribution in [3.8, 4) is 0 Å². The molecule has 1 aliphatic heterocycles. The fourth-order valence-electron chi connectivity index (χ4n) is 3.63. The zero-order chi connectivity index (χ0) is 23.3. The second-order valence-electron chi connectivity index (χ2n) is 7.52. The summed E-state index contributed by atoms with van der Waals surface area (Å²) in [6.07, 6.45) is 0. The number of benzene rings is 4. The number of fused-ring (bicyclic) bond motifs is 2. The summed E-state index contributed by atoms with van der Waals surface area (Å²) < 4.78 is 0. The first-order valence-corrected chi connectivity index (χ1v) is 12.5. The SMILES string of the molecule is O=C(Nc1ccccc1)Nc1ccc(SCC(=O)N2c3ccccc3Sc3ccccc32)cc1. The second kappa shape index (κ2) is 10.1. The van der Waals surface area contributed by atoms with E-state index in [2.05, 4.69) is 10.6 Å². The van der Waals surface area contributed by atoms with Crippen molar-refractivity contribution in [2.45, 2.75) is 14.7 Å². The highest BCUT2D eigenvalue weighted by Crippen LogP contribution is 2.48. The number of para-hydroxylation sites is 3. The van der Waals surface area contributed by atoms with E-state index in [1.54, 1.807) is 11.8 Å². The number of hydrogen-bond donors (Lipinski definition) is 2. The molecule has 0 atom stereocenters. The van der Waals surface area contributed by atoms with E-state index in [0.717, 1.165) is 31.7 Å². The molecule has 5 nitrogen and oxygen atoms in total. The average molecular weight is 484 g/mol. The van der Waals surface area contributed by atoms with E-state index in [0.29, 0.717) is 11.4 Å². The number of nitrogens with one attached hydrogen (secondary N) is 2. The number of anilines is 4. The van der Waals surface area contributed by atoms with E-state index in [4.69, 9.17) is 0 Å². The lowest BCUT2D eigenvalue weighted by atomic mass is 10.2. The third-order valence-corrected chi connectivity index (χ3v) is 7.31. The lowest BCUT2D eigenvalue weighted by molar-refractivity contribution is -0.115. The summed E-state index contributed by atoms with van der Waals surface area (Å²) in [6, 6.07) is 32.4. The number of hydrogen-bond acceptors (Lipinski definition) is 4. The van der Waals surface area contributed by atoms with Gasteiger partial charge in [-0.3, -0.25) is 9.69 Å². The van der Waals surface area contributed by atoms with Crippen molar-refractivity contribution in [2.24, 2.45) is 0 Å². The van der Waals surface area contributed by atoms with Crippen LogP contribution in [-0.4, -0.2) is 17.7 Å². The van der Waals surface area contributed by atoms with Gasteiger partial charge in [0.15, 0.2) is 0 Å². The Morgan fingerprint density at radius 2 is 1.21 bits per heavy atom. The third-order valence-electron chi connectivity index (χ3n) is 5.19. The van der Waals surface area contributed by atoms with Crippen LogP contribution >= 0.6 is 23.5 Å². The fraction of sp³-hybridized carbons (Fsp3) is 0.0370. The maximum absolute atomic E-state index is 13.3. The van der Waals surface area contributed by atoms with Gasteiger partial charge in [-0.2, -0.15) is 0 Å². The maximum Gasteiger partial charge on any atom is 0.323 e. The molecule has 2 N–H and O–H groups in total. The summed E-state index contributed by atoms with van der Waals surface area (Å²) in [5, 5.41) is 5.61. The summed E-state index contributed by atoms with van der Waals surface area (Å²) in [6.45, 7) is 0. The van der Waals surface area contributed by atoms with Crippen molar-refractivity contribution in [1.29, 1.82) is 0 Å². The quantitative estimate of drug-likeness (QED) is 0.294. The Hall–Kier alpha value is -3.68. The minimum absolute atomic E-state index is 0.0228. The Morgan fingerprint density at radius 3 is 1.82 bits per heavy atom. The first-order chi connectivity index (χ1) is 16.7. The molecule has 3 amide bonds. The number of thioether (sulfide) groups is 1. The molecule has 34 heavy (non-hydrogen) atoms. The van der Waals surface area contributed by atoms with E-state index in [9.17, 15) is 9.59 Å². The van der Waals surface area contributed by atoms with Crippen molar-refractivity contribution in [3.05, 3.63) is 103 Å². The number of rotatable bonds is 5. The molecule has 0 saturated carbocycles. The van der Waals surface area contributed by atoms with Crippen molar-refractivity contribution < 1.29 is 9.59 Å². The highest BCUT2D eigenvalue weighted by Gasteiger charge is 2.27. The number of carbonyl (C=O) groups excluding carboxylic acids is 2. The summed E-state index contributed by atoms with van der Waals surface area (Å²) >= 11 is 3.16. The molecule has 4 aromatic carbocycles. The number of urea groups is 1. The van der Waals surface area contributed by atoms with Gasteiger partial charge in [0.05, 0.1) is 17.1 Å². The van der Waals surface area contributed by atoms with Crippen molar-refractivity contribution in [1.82, 2.24) is 0 Å². The van der Waals surface area contributed by atoms with Crippen molar-refractivity contribution >= 4 is 58.2 Å². The van der Waals surface area contributed by atoms with Crippen LogP contribution in [0.3, 0.4) is 0 Å². The highest BCUT2D eigenvalue weighted by atomic mass is 32.2. The molecule has 168 valence electrons. The molecule has 0 saturated heterocycles. The van der Waals surface area contributed by atoms with Gasteiger partial charge in [0.1, 0.15) is 0 Å². The molecule has 4 aromatic rings. The van der Waals surface area contributed by atoms with Gasteiger partial charge < -0.3 is 10.6 Å². The van der Waals surface area contributed by atoms with E-state index < -0.39 is 0 Å². The van der Waals surface area contributed by atoms with Crippen LogP contribution in [0.4, 0.5) is 27.5 Å². The van der Waals surface area contributed by atoms with Crippen LogP contribution in [0.2, 0.25) is 0 Å². The third kappa shape index (κ3) is 4.95. The molecule has 0 unspecified atom stereocenters. The monoisotopic (exact) mass is 483 g/mol. The minimum atomic E-state index is -0.304. The van der Waals surface area contributed by atoms with Gasteiger partial charge in [-0.1, -0.05) is 54.2 Å². The molecule has 0 radical (unpaired) electrons. The van der Waals surface area contributed by atoms with Gasteiger partial charge in [0.2, 0.25) is 5.91 Å². The van der Waals surface area contributed by atoms with Crippen molar-refractivity contribution in [3.63, 3.8) is 0 Å². The largest absolute Gasteiger partial charge is 0.323 e. The first kappa shape index (κ1) is 22.1. The van der Waals surface area contributed by atoms with Crippen LogP contribution in [0.25, 0.3) is 0 Å². The number of amides is 3. The molecule has 0 spiro atoms. The normalized spacial score (nSPS) is 11.8. The van der Waals surface area contributed by atoms with Gasteiger partial charge in [-0.15, -0.1) is 11.8 Å². The molecule has 7 heteroatoms. The molecule has 1 heterocycles. The second-order valence-corrected chi connectivity index (χ2v) is 9.66. The van der Waals surface area contributed by atoms with Gasteiger partial charge in [0.25, 0.3) is 0 Å². The predicted octanol–water partition coefficient (Wildman–Crippen LogP) is 7.25. The van der Waals surface area contributed by atoms with Crippen LogP contribution in [0, 0.1) is 0 Å². The predicted molar refractivity (Wildman–Crippen MR) is 140 cm³/mol. The average Bonchev–Trinajstić information content (AvgIpc) is 2.87. The van der Waals surface area contributed by atoms with Crippen molar-refractivity contribution in [2.75, 3.05) is 21.3 Å². The molecule has 0 aliphatic carbocycles. The lowest BCUT2D eigenvalue weighted by Crippen LogP contribution is -2.29. The zero-order valence-electron chi connectivity index (χ0n) is 18.1. The minimum Gasteiger partial charge on any atom is -0.308 e. The van der Waals surface area contributed by atoms with E-state index >= 15 is 0 Å². The summed E-state index contributed by atoms with van der Waals surface area (Å²) in [5.74, 6) is 0.323. The molecular weight excluding hydrogens is 462 g/mol. The Bertz CT molecular complexity index is 1280. The fourth-order valence-corrected chi connectivity index (χ4v) is 5.44. The molecule has 0 bridgehead atoms. The molecule has 0 fully saturated rings. The lowest BCUT2D eigenvalue weighted by Gasteiger charge is -2.31. The molecular formula is C27H21N3O2S2. The summed E-state index contributed by atoms with van der Waals surface area (Å²) in [7, 11) is 0. The Morgan fingerprint density at radius 1 is 0.676 bits per heavy atom. The standard InChI is InChI=1S/C27H21N3O2S2/c31-26(30-22-10-4-6-12-24(22)34-25-13-7-5-11-23(25)30)18-33-21-16-14-20(15-17-21)29-27(32)28-19-8-2-1-3-9-19/h1-17H,18H2,(H2,28,29,32). The van der Waals surface area contributed by atoms with Gasteiger partial charge in [-0.05, 0) is 60.7 Å². The molecule has 5 rings (SSSR count). The molecule has 1 aliphatic rings. The summed E-state index contributed by atoms with van der Waals surface area (Å²) in [4.78, 5) is 30.4. The molecule has 0 aromatic heterocycles. The van der Waals surface area contributed by atoms with Crippen LogP contribution in [0.1, 0.15) is 0 Å².